The number of aromatic amines is 1. The zero-order chi connectivity index (χ0) is 26.0. The molecule has 1 fully saturated rings. The van der Waals surface area contributed by atoms with Gasteiger partial charge in [-0.25, -0.2) is 9.97 Å². The molecule has 0 bridgehead atoms. The number of morpholine rings is 1. The first-order valence-corrected chi connectivity index (χ1v) is 13.0. The molecule has 9 heteroatoms. The molecular weight excluding hydrogens is 482 g/mol. The molecule has 9 nitrogen and oxygen atoms in total. The first kappa shape index (κ1) is 23.0. The van der Waals surface area contributed by atoms with E-state index in [9.17, 15) is 4.79 Å². The van der Waals surface area contributed by atoms with E-state index in [1.165, 1.54) is 0 Å². The van der Waals surface area contributed by atoms with Gasteiger partial charge in [0, 0.05) is 40.3 Å². The maximum atomic E-state index is 13.9. The van der Waals surface area contributed by atoms with E-state index in [-0.39, 0.29) is 18.7 Å². The summed E-state index contributed by atoms with van der Waals surface area (Å²) in [5, 5.41) is 1.07. The van der Waals surface area contributed by atoms with Gasteiger partial charge in [0.05, 0.1) is 37.0 Å². The Bertz CT molecular complexity index is 1580. The van der Waals surface area contributed by atoms with Crippen molar-refractivity contribution in [3.8, 4) is 22.9 Å². The van der Waals surface area contributed by atoms with Gasteiger partial charge in [0.2, 0.25) is 6.79 Å². The minimum Gasteiger partial charge on any atom is -0.454 e. The Kier molecular flexibility index (Phi) is 5.13. The Balaban J connectivity index is 1.36. The molecule has 0 aliphatic carbocycles. The monoisotopic (exact) mass is 511 g/mol. The molecule has 38 heavy (non-hydrogen) atoms. The summed E-state index contributed by atoms with van der Waals surface area (Å²) in [5.41, 5.74) is 3.76. The number of amides is 1. The summed E-state index contributed by atoms with van der Waals surface area (Å²) in [5.74, 6) is 2.70. The van der Waals surface area contributed by atoms with Crippen LogP contribution in [0.25, 0.3) is 22.3 Å². The van der Waals surface area contributed by atoms with Gasteiger partial charge in [-0.1, -0.05) is 12.1 Å². The lowest BCUT2D eigenvalue weighted by atomic mass is 9.98. The highest BCUT2D eigenvalue weighted by Gasteiger charge is 2.45. The summed E-state index contributed by atoms with van der Waals surface area (Å²) in [6.07, 6.45) is 1.93. The number of hydrogen-bond acceptors (Lipinski definition) is 7. The number of hydrogen-bond donors (Lipinski definition) is 1. The molecule has 1 atom stereocenters. The van der Waals surface area contributed by atoms with Crippen molar-refractivity contribution in [3.63, 3.8) is 0 Å². The van der Waals surface area contributed by atoms with Crippen LogP contribution in [0.5, 0.6) is 11.5 Å². The predicted octanol–water partition coefficient (Wildman–Crippen LogP) is 4.47. The van der Waals surface area contributed by atoms with Crippen LogP contribution in [0.2, 0.25) is 0 Å². The summed E-state index contributed by atoms with van der Waals surface area (Å²) < 4.78 is 16.7. The van der Waals surface area contributed by atoms with Gasteiger partial charge in [-0.3, -0.25) is 4.79 Å². The molecule has 1 saturated heterocycles. The lowest BCUT2D eigenvalue weighted by Gasteiger charge is -2.35. The number of rotatable bonds is 3. The minimum absolute atomic E-state index is 0.0819. The molecule has 4 aromatic rings. The maximum absolute atomic E-state index is 13.9. The highest BCUT2D eigenvalue weighted by molar-refractivity contribution is 5.96. The smallest absolute Gasteiger partial charge is 0.255 e. The number of carbonyl (C=O) groups excluding carboxylic acids is 1. The number of nitrogens with one attached hydrogen (secondary N) is 1. The Labute approximate surface area is 220 Å². The van der Waals surface area contributed by atoms with Crippen LogP contribution in [0.4, 0.5) is 5.82 Å². The second kappa shape index (κ2) is 8.46. The molecule has 194 valence electrons. The number of benzene rings is 2. The summed E-state index contributed by atoms with van der Waals surface area (Å²) in [4.78, 5) is 31.7. The third kappa shape index (κ3) is 3.45. The van der Waals surface area contributed by atoms with E-state index in [0.29, 0.717) is 42.6 Å². The van der Waals surface area contributed by atoms with Crippen molar-refractivity contribution in [1.82, 2.24) is 19.9 Å². The summed E-state index contributed by atoms with van der Waals surface area (Å²) in [6.45, 7) is 8.85. The molecule has 0 unspecified atom stereocenters. The largest absolute Gasteiger partial charge is 0.454 e. The third-order valence-electron chi connectivity index (χ3n) is 7.90. The molecule has 3 aliphatic rings. The maximum Gasteiger partial charge on any atom is 0.255 e. The molecule has 5 heterocycles. The van der Waals surface area contributed by atoms with Crippen molar-refractivity contribution in [2.24, 2.45) is 0 Å². The highest BCUT2D eigenvalue weighted by Crippen LogP contribution is 2.44. The average Bonchev–Trinajstić information content (AvgIpc) is 3.65. The fourth-order valence-corrected chi connectivity index (χ4v) is 5.80. The van der Waals surface area contributed by atoms with Crippen molar-refractivity contribution < 1.29 is 19.0 Å². The molecule has 2 aromatic heterocycles. The van der Waals surface area contributed by atoms with Gasteiger partial charge in [-0.05, 0) is 51.1 Å². The molecule has 0 saturated carbocycles. The second-order valence-electron chi connectivity index (χ2n) is 10.6. The van der Waals surface area contributed by atoms with Crippen LogP contribution >= 0.6 is 0 Å². The summed E-state index contributed by atoms with van der Waals surface area (Å²) >= 11 is 0. The molecule has 2 aromatic carbocycles. The number of carbonyl (C=O) groups is 1. The van der Waals surface area contributed by atoms with Crippen molar-refractivity contribution in [2.45, 2.75) is 38.9 Å². The molecule has 1 amide bonds. The van der Waals surface area contributed by atoms with Crippen LogP contribution in [-0.2, 0) is 16.8 Å². The predicted molar refractivity (Wildman–Crippen MR) is 142 cm³/mol. The van der Waals surface area contributed by atoms with Crippen LogP contribution in [0.3, 0.4) is 0 Å². The van der Waals surface area contributed by atoms with Crippen LogP contribution < -0.4 is 14.4 Å². The zero-order valence-corrected chi connectivity index (χ0v) is 21.7. The SMILES string of the molecule is C[C@@H]1COCCN1c1nc(-c2cccc3[nH]ccc23)nc2c1CN(C(=O)c1ccc3c(c1)OCO3)C2(C)C. The number of nitrogens with zero attached hydrogens (tertiary/aromatic N) is 4. The highest BCUT2D eigenvalue weighted by atomic mass is 16.7. The van der Waals surface area contributed by atoms with E-state index in [1.807, 2.05) is 23.2 Å². The van der Waals surface area contributed by atoms with Gasteiger partial charge in [0.1, 0.15) is 5.82 Å². The van der Waals surface area contributed by atoms with E-state index in [2.05, 4.69) is 42.8 Å². The van der Waals surface area contributed by atoms with Crippen LogP contribution in [0, 0.1) is 0 Å². The van der Waals surface area contributed by atoms with Gasteiger partial charge >= 0.3 is 0 Å². The lowest BCUT2D eigenvalue weighted by molar-refractivity contribution is 0.0570. The number of H-pyrrole nitrogens is 1. The zero-order valence-electron chi connectivity index (χ0n) is 21.7. The lowest BCUT2D eigenvalue weighted by Crippen LogP contribution is -2.44. The van der Waals surface area contributed by atoms with Crippen molar-refractivity contribution in [3.05, 3.63) is 65.5 Å². The third-order valence-corrected chi connectivity index (χ3v) is 7.90. The number of anilines is 1. The molecule has 3 aliphatic heterocycles. The normalized spacial score (nSPS) is 19.7. The standard InChI is InChI=1S/C29H29N5O4/c1-17-15-36-12-11-33(17)27-21-14-34(28(35)18-7-8-23-24(13-18)38-16-37-23)29(2,3)25(21)31-26(32-27)20-5-4-6-22-19(20)9-10-30-22/h4-10,13,17,30H,11-12,14-16H2,1-3H3/t17-/m1/s1. The molecule has 7 rings (SSSR count). The molecular formula is C29H29N5O4. The summed E-state index contributed by atoms with van der Waals surface area (Å²) in [6, 6.07) is 13.7. The van der Waals surface area contributed by atoms with Crippen molar-refractivity contribution in [1.29, 1.82) is 0 Å². The van der Waals surface area contributed by atoms with E-state index in [4.69, 9.17) is 24.2 Å². The first-order chi connectivity index (χ1) is 18.4. The van der Waals surface area contributed by atoms with Crippen LogP contribution in [-0.4, -0.2) is 58.4 Å². The number of aromatic nitrogens is 3. The topological polar surface area (TPSA) is 92.8 Å². The van der Waals surface area contributed by atoms with E-state index in [1.54, 1.807) is 18.2 Å². The fraction of sp³-hybridized carbons (Fsp3) is 0.345. The number of ether oxygens (including phenoxy) is 3. The van der Waals surface area contributed by atoms with Crippen molar-refractivity contribution in [2.75, 3.05) is 31.5 Å². The molecule has 0 spiro atoms. The molecule has 0 radical (unpaired) electrons. The van der Waals surface area contributed by atoms with Gasteiger partial charge in [0.25, 0.3) is 5.91 Å². The average molecular weight is 512 g/mol. The van der Waals surface area contributed by atoms with Crippen LogP contribution in [0.1, 0.15) is 42.4 Å². The van der Waals surface area contributed by atoms with Crippen LogP contribution in [0.15, 0.2) is 48.7 Å². The fourth-order valence-electron chi connectivity index (χ4n) is 5.80. The van der Waals surface area contributed by atoms with Gasteiger partial charge in [-0.2, -0.15) is 0 Å². The van der Waals surface area contributed by atoms with Gasteiger partial charge in [0.15, 0.2) is 17.3 Å². The Morgan fingerprint density at radius 2 is 1.97 bits per heavy atom. The number of fused-ring (bicyclic) bond motifs is 3. The van der Waals surface area contributed by atoms with Gasteiger partial charge < -0.3 is 29.0 Å². The second-order valence-corrected chi connectivity index (χ2v) is 10.6. The summed E-state index contributed by atoms with van der Waals surface area (Å²) in [7, 11) is 0. The molecule has 1 N–H and O–H groups in total. The van der Waals surface area contributed by atoms with E-state index in [0.717, 1.165) is 40.1 Å². The van der Waals surface area contributed by atoms with Crippen molar-refractivity contribution >= 4 is 22.6 Å². The Morgan fingerprint density at radius 1 is 1.11 bits per heavy atom. The van der Waals surface area contributed by atoms with E-state index >= 15 is 0 Å². The van der Waals surface area contributed by atoms with Gasteiger partial charge in [-0.15, -0.1) is 0 Å². The minimum atomic E-state index is -0.656. The quantitative estimate of drug-likeness (QED) is 0.434. The Hall–Kier alpha value is -4.11. The Morgan fingerprint density at radius 3 is 2.84 bits per heavy atom. The van der Waals surface area contributed by atoms with E-state index < -0.39 is 5.54 Å². The first-order valence-electron chi connectivity index (χ1n) is 13.0.